The van der Waals surface area contributed by atoms with Gasteiger partial charge in [-0.3, -0.25) is 19.4 Å². The summed E-state index contributed by atoms with van der Waals surface area (Å²) in [6.07, 6.45) is 2.68. The highest BCUT2D eigenvalue weighted by atomic mass is 32.2. The maximum Gasteiger partial charge on any atom is 0.269 e. The summed E-state index contributed by atoms with van der Waals surface area (Å²) in [5, 5.41) is 10.6. The number of sulfonamides is 1. The van der Waals surface area contributed by atoms with Gasteiger partial charge in [-0.1, -0.05) is 6.07 Å². The Balaban J connectivity index is 2.21. The van der Waals surface area contributed by atoms with Crippen LogP contribution in [-0.2, 0) is 10.0 Å². The van der Waals surface area contributed by atoms with E-state index in [1.807, 2.05) is 0 Å². The summed E-state index contributed by atoms with van der Waals surface area (Å²) >= 11 is 0. The van der Waals surface area contributed by atoms with Crippen LogP contribution in [0.3, 0.4) is 0 Å². The van der Waals surface area contributed by atoms with Gasteiger partial charge in [0.1, 0.15) is 0 Å². The molecule has 2 rings (SSSR count). The van der Waals surface area contributed by atoms with Crippen molar-refractivity contribution in [1.29, 1.82) is 0 Å². The lowest BCUT2D eigenvalue weighted by atomic mass is 10.2. The van der Waals surface area contributed by atoms with Gasteiger partial charge in [-0.15, -0.1) is 0 Å². The average molecular weight is 333 g/mol. The molecule has 0 spiro atoms. The topological polar surface area (TPSA) is 92.9 Å². The van der Waals surface area contributed by atoms with Crippen molar-refractivity contribution in [3.8, 4) is 0 Å². The average Bonchev–Trinajstić information content (AvgIpc) is 2.52. The van der Waals surface area contributed by atoms with Crippen LogP contribution in [0.5, 0.6) is 0 Å². The van der Waals surface area contributed by atoms with E-state index in [4.69, 9.17) is 0 Å². The third-order valence-corrected chi connectivity index (χ3v) is 4.36. The predicted octanol–water partition coefficient (Wildman–Crippen LogP) is 2.74. The monoisotopic (exact) mass is 333 g/mol. The summed E-state index contributed by atoms with van der Waals surface area (Å²) in [6, 6.07) is 12.7. The number of rotatable bonds is 5. The second kappa shape index (κ2) is 6.57. The molecule has 2 aromatic carbocycles. The number of non-ortho nitro benzene ring substituents is 1. The number of nitro benzene ring substituents is 1. The Hall–Kier alpha value is -2.74. The van der Waals surface area contributed by atoms with Crippen molar-refractivity contribution in [2.24, 2.45) is 4.99 Å². The second-order valence-corrected chi connectivity index (χ2v) is 6.87. The summed E-state index contributed by atoms with van der Waals surface area (Å²) < 4.78 is 24.2. The van der Waals surface area contributed by atoms with E-state index >= 15 is 0 Å². The largest absolute Gasteiger partial charge is 0.273 e. The van der Waals surface area contributed by atoms with Gasteiger partial charge in [0.15, 0.2) is 0 Å². The van der Waals surface area contributed by atoms with Crippen LogP contribution in [-0.4, -0.2) is 32.9 Å². The summed E-state index contributed by atoms with van der Waals surface area (Å²) in [5.74, 6) is 0. The van der Waals surface area contributed by atoms with Crippen molar-refractivity contribution in [3.63, 3.8) is 0 Å². The smallest absolute Gasteiger partial charge is 0.269 e. The number of aliphatic imine (C=N–C) groups is 1. The van der Waals surface area contributed by atoms with E-state index in [1.54, 1.807) is 42.6 Å². The molecule has 0 unspecified atom stereocenters. The highest BCUT2D eigenvalue weighted by molar-refractivity contribution is 7.92. The Labute approximate surface area is 134 Å². The third kappa shape index (κ3) is 4.36. The minimum atomic E-state index is -3.34. The van der Waals surface area contributed by atoms with Crippen LogP contribution in [0.1, 0.15) is 5.56 Å². The molecule has 0 aliphatic carbocycles. The lowest BCUT2D eigenvalue weighted by Gasteiger charge is -2.16. The lowest BCUT2D eigenvalue weighted by molar-refractivity contribution is -0.384. The molecule has 0 aliphatic rings. The zero-order chi connectivity index (χ0) is 17.0. The van der Waals surface area contributed by atoms with E-state index in [0.29, 0.717) is 16.9 Å². The molecule has 0 bridgehead atoms. The normalized spacial score (nSPS) is 11.6. The number of hydrogen-bond acceptors (Lipinski definition) is 5. The van der Waals surface area contributed by atoms with Crippen LogP contribution in [0, 0.1) is 10.1 Å². The van der Waals surface area contributed by atoms with Crippen LogP contribution in [0.15, 0.2) is 53.5 Å². The van der Waals surface area contributed by atoms with Crippen molar-refractivity contribution in [2.75, 3.05) is 17.6 Å². The van der Waals surface area contributed by atoms with Crippen LogP contribution in [0.2, 0.25) is 0 Å². The Morgan fingerprint density at radius 3 is 2.39 bits per heavy atom. The zero-order valence-corrected chi connectivity index (χ0v) is 13.4. The molecule has 23 heavy (non-hydrogen) atoms. The number of hydrogen-bond donors (Lipinski definition) is 0. The van der Waals surface area contributed by atoms with Gasteiger partial charge in [0.2, 0.25) is 10.0 Å². The number of nitrogens with zero attached hydrogens (tertiary/aromatic N) is 3. The van der Waals surface area contributed by atoms with Crippen LogP contribution < -0.4 is 4.31 Å². The maximum absolute atomic E-state index is 11.5. The van der Waals surface area contributed by atoms with Gasteiger partial charge in [0, 0.05) is 25.4 Å². The van der Waals surface area contributed by atoms with Crippen molar-refractivity contribution in [1.82, 2.24) is 0 Å². The summed E-state index contributed by atoms with van der Waals surface area (Å²) in [5.41, 5.74) is 1.80. The fraction of sp³-hybridized carbons (Fsp3) is 0.133. The van der Waals surface area contributed by atoms with Gasteiger partial charge in [0.05, 0.1) is 22.6 Å². The van der Waals surface area contributed by atoms with Gasteiger partial charge in [-0.05, 0) is 35.9 Å². The number of anilines is 1. The molecule has 2 aromatic rings. The molecule has 0 saturated carbocycles. The van der Waals surface area contributed by atoms with E-state index in [0.717, 1.165) is 10.6 Å². The Kier molecular flexibility index (Phi) is 4.75. The Bertz CT molecular complexity index is 845. The second-order valence-electron chi connectivity index (χ2n) is 4.86. The molecule has 8 heteroatoms. The fourth-order valence-corrected chi connectivity index (χ4v) is 2.29. The quantitative estimate of drug-likeness (QED) is 0.478. The maximum atomic E-state index is 11.5. The Morgan fingerprint density at radius 1 is 1.17 bits per heavy atom. The van der Waals surface area contributed by atoms with E-state index < -0.39 is 14.9 Å². The fourth-order valence-electron chi connectivity index (χ4n) is 1.79. The molecule has 0 atom stereocenters. The van der Waals surface area contributed by atoms with Crippen LogP contribution >= 0.6 is 0 Å². The molecule has 0 fully saturated rings. The molecule has 0 heterocycles. The first kappa shape index (κ1) is 16.6. The molecule has 0 N–H and O–H groups in total. The third-order valence-electron chi connectivity index (χ3n) is 3.16. The SMILES string of the molecule is CN(c1cccc(N=Cc2ccc([N+](=O)[O-])cc2)c1)S(C)(=O)=O. The highest BCUT2D eigenvalue weighted by Gasteiger charge is 2.11. The first-order valence-electron chi connectivity index (χ1n) is 6.60. The molecule has 0 amide bonds. The summed E-state index contributed by atoms with van der Waals surface area (Å²) in [7, 11) is -1.87. The zero-order valence-electron chi connectivity index (χ0n) is 12.6. The van der Waals surface area contributed by atoms with Crippen LogP contribution in [0.4, 0.5) is 17.1 Å². The molecule has 0 saturated heterocycles. The first-order chi connectivity index (χ1) is 10.8. The molecular weight excluding hydrogens is 318 g/mol. The van der Waals surface area contributed by atoms with Crippen molar-refractivity contribution in [2.45, 2.75) is 0 Å². The Morgan fingerprint density at radius 2 is 1.83 bits per heavy atom. The highest BCUT2D eigenvalue weighted by Crippen LogP contribution is 2.22. The van der Waals surface area contributed by atoms with Crippen molar-refractivity contribution < 1.29 is 13.3 Å². The summed E-state index contributed by atoms with van der Waals surface area (Å²) in [4.78, 5) is 14.4. The van der Waals surface area contributed by atoms with Crippen LogP contribution in [0.25, 0.3) is 0 Å². The van der Waals surface area contributed by atoms with Crippen molar-refractivity contribution in [3.05, 3.63) is 64.2 Å². The first-order valence-corrected chi connectivity index (χ1v) is 8.45. The molecule has 0 aromatic heterocycles. The van der Waals surface area contributed by atoms with E-state index in [2.05, 4.69) is 4.99 Å². The van der Waals surface area contributed by atoms with Gasteiger partial charge < -0.3 is 0 Å². The molecule has 7 nitrogen and oxygen atoms in total. The van der Waals surface area contributed by atoms with Gasteiger partial charge in [-0.2, -0.15) is 0 Å². The van der Waals surface area contributed by atoms with Crippen molar-refractivity contribution >= 4 is 33.3 Å². The molecule has 120 valence electrons. The minimum absolute atomic E-state index is 0.0129. The van der Waals surface area contributed by atoms with E-state index in [-0.39, 0.29) is 5.69 Å². The molecule has 0 radical (unpaired) electrons. The minimum Gasteiger partial charge on any atom is -0.273 e. The van der Waals surface area contributed by atoms with Gasteiger partial charge in [-0.25, -0.2) is 8.42 Å². The summed E-state index contributed by atoms with van der Waals surface area (Å²) in [6.45, 7) is 0. The predicted molar refractivity (Wildman–Crippen MR) is 90.0 cm³/mol. The van der Waals surface area contributed by atoms with E-state index in [1.165, 1.54) is 19.2 Å². The molecular formula is C15H15N3O4S. The van der Waals surface area contributed by atoms with Gasteiger partial charge >= 0.3 is 0 Å². The molecule has 0 aliphatic heterocycles. The number of benzene rings is 2. The number of nitro groups is 1. The standard InChI is InChI=1S/C15H15N3O4S/c1-17(23(2,21)22)15-5-3-4-13(10-15)16-11-12-6-8-14(9-7-12)18(19)20/h3-11H,1-2H3. The lowest BCUT2D eigenvalue weighted by Crippen LogP contribution is -2.24. The van der Waals surface area contributed by atoms with E-state index in [9.17, 15) is 18.5 Å². The van der Waals surface area contributed by atoms with Gasteiger partial charge in [0.25, 0.3) is 5.69 Å².